The van der Waals surface area contributed by atoms with E-state index in [0.29, 0.717) is 4.31 Å². The molecule has 3 aromatic carbocycles. The topological polar surface area (TPSA) is 112 Å². The molecule has 0 bridgehead atoms. The number of hydrogen-bond donors (Lipinski definition) is 1. The van der Waals surface area contributed by atoms with Crippen LogP contribution in [0.3, 0.4) is 0 Å². The second-order valence-electron chi connectivity index (χ2n) is 7.32. The Balaban J connectivity index is 2.18. The smallest absolute Gasteiger partial charge is 0.337 e. The van der Waals surface area contributed by atoms with Gasteiger partial charge in [0.2, 0.25) is 11.8 Å². The van der Waals surface area contributed by atoms with Crippen LogP contribution < -0.4 is 9.21 Å². The van der Waals surface area contributed by atoms with Crippen LogP contribution in [0.1, 0.15) is 29.8 Å². The maximum Gasteiger partial charge on any atom is 0.337 e. The Hall–Kier alpha value is -3.69. The van der Waals surface area contributed by atoms with E-state index in [-0.39, 0.29) is 22.9 Å². The molecule has 3 aromatic rings. The van der Waals surface area contributed by atoms with Crippen LogP contribution in [0, 0.1) is 0 Å². The van der Waals surface area contributed by atoms with Crippen molar-refractivity contribution in [3.05, 3.63) is 88.9 Å². The molecule has 0 aromatic heterocycles. The minimum atomic E-state index is -4.58. The van der Waals surface area contributed by atoms with Gasteiger partial charge < -0.3 is 10.0 Å². The zero-order valence-electron chi connectivity index (χ0n) is 18.3. The third kappa shape index (κ3) is 5.11. The summed E-state index contributed by atoms with van der Waals surface area (Å²) in [5.74, 6) is -2.73. The molecule has 0 spiro atoms. The third-order valence-corrected chi connectivity index (χ3v) is 7.20. The van der Waals surface area contributed by atoms with E-state index < -0.39 is 38.3 Å². The first-order valence-corrected chi connectivity index (χ1v) is 11.9. The fourth-order valence-corrected chi connectivity index (χ4v) is 5.38. The molecule has 0 saturated heterocycles. The SMILES string of the molecule is CC(=O)N(Cc1ccccc1)c1cc(Cl)c(S(=O)(=O)N(C(C)=O)c2ccccc2)cc1C(=O)O. The number of carboxylic acid groups (broad SMARTS) is 1. The molecule has 1 N–H and O–H groups in total. The molecule has 0 fully saturated rings. The largest absolute Gasteiger partial charge is 0.478 e. The van der Waals surface area contributed by atoms with Gasteiger partial charge in [-0.2, -0.15) is 0 Å². The van der Waals surface area contributed by atoms with Gasteiger partial charge in [-0.15, -0.1) is 0 Å². The first kappa shape index (κ1) is 24.9. The van der Waals surface area contributed by atoms with Crippen LogP contribution in [0.2, 0.25) is 5.02 Å². The van der Waals surface area contributed by atoms with E-state index in [4.69, 9.17) is 11.6 Å². The molecule has 0 radical (unpaired) electrons. The number of para-hydroxylation sites is 1. The zero-order chi connectivity index (χ0) is 25.0. The van der Waals surface area contributed by atoms with Crippen LogP contribution in [0.4, 0.5) is 11.4 Å². The van der Waals surface area contributed by atoms with Gasteiger partial charge >= 0.3 is 5.97 Å². The van der Waals surface area contributed by atoms with Gasteiger partial charge in [0, 0.05) is 13.8 Å². The molecule has 0 heterocycles. The zero-order valence-corrected chi connectivity index (χ0v) is 19.9. The molecule has 0 atom stereocenters. The lowest BCUT2D eigenvalue weighted by atomic mass is 10.1. The number of benzene rings is 3. The molecule has 176 valence electrons. The van der Waals surface area contributed by atoms with Crippen molar-refractivity contribution in [1.29, 1.82) is 0 Å². The highest BCUT2D eigenvalue weighted by Gasteiger charge is 2.33. The van der Waals surface area contributed by atoms with Crippen molar-refractivity contribution in [3.63, 3.8) is 0 Å². The van der Waals surface area contributed by atoms with Gasteiger partial charge in [0.15, 0.2) is 0 Å². The van der Waals surface area contributed by atoms with Crippen LogP contribution in [0.15, 0.2) is 77.7 Å². The van der Waals surface area contributed by atoms with Crippen LogP contribution in [0.5, 0.6) is 0 Å². The van der Waals surface area contributed by atoms with Gasteiger partial charge in [-0.05, 0) is 29.8 Å². The summed E-state index contributed by atoms with van der Waals surface area (Å²) in [6.45, 7) is 2.38. The van der Waals surface area contributed by atoms with Crippen molar-refractivity contribution >= 4 is 50.8 Å². The Morgan fingerprint density at radius 1 is 0.882 bits per heavy atom. The summed E-state index contributed by atoms with van der Waals surface area (Å²) >= 11 is 6.33. The Kier molecular flexibility index (Phi) is 7.38. The number of aromatic carboxylic acids is 1. The van der Waals surface area contributed by atoms with E-state index in [1.165, 1.54) is 24.0 Å². The summed E-state index contributed by atoms with van der Waals surface area (Å²) in [5.41, 5.74) is 0.280. The third-order valence-electron chi connectivity index (χ3n) is 4.93. The molecule has 0 saturated carbocycles. The summed E-state index contributed by atoms with van der Waals surface area (Å²) in [6, 6.07) is 18.5. The van der Waals surface area contributed by atoms with Crippen LogP contribution in [-0.4, -0.2) is 31.3 Å². The average molecular weight is 501 g/mol. The lowest BCUT2D eigenvalue weighted by molar-refractivity contribution is -0.117. The van der Waals surface area contributed by atoms with E-state index in [0.717, 1.165) is 24.6 Å². The highest BCUT2D eigenvalue weighted by Crippen LogP contribution is 2.35. The molecule has 0 aliphatic heterocycles. The summed E-state index contributed by atoms with van der Waals surface area (Å²) in [5, 5.41) is 9.52. The maximum absolute atomic E-state index is 13.4. The Morgan fingerprint density at radius 2 is 1.44 bits per heavy atom. The molecule has 0 unspecified atom stereocenters. The minimum Gasteiger partial charge on any atom is -0.478 e. The summed E-state index contributed by atoms with van der Waals surface area (Å²) in [7, 11) is -4.58. The van der Waals surface area contributed by atoms with E-state index in [9.17, 15) is 27.9 Å². The average Bonchev–Trinajstić information content (AvgIpc) is 2.77. The molecule has 0 aliphatic rings. The monoisotopic (exact) mass is 500 g/mol. The lowest BCUT2D eigenvalue weighted by Crippen LogP contribution is -2.36. The van der Waals surface area contributed by atoms with E-state index >= 15 is 0 Å². The normalized spacial score (nSPS) is 11.0. The number of amides is 2. The van der Waals surface area contributed by atoms with Gasteiger partial charge in [-0.25, -0.2) is 17.5 Å². The van der Waals surface area contributed by atoms with Crippen molar-refractivity contribution in [2.75, 3.05) is 9.21 Å². The quantitative estimate of drug-likeness (QED) is 0.516. The molecular formula is C24H21ClN2O6S. The number of hydrogen-bond acceptors (Lipinski definition) is 5. The van der Waals surface area contributed by atoms with Crippen molar-refractivity contribution in [1.82, 2.24) is 0 Å². The second kappa shape index (κ2) is 10.1. The van der Waals surface area contributed by atoms with E-state index in [1.54, 1.807) is 48.5 Å². The summed E-state index contributed by atoms with van der Waals surface area (Å²) in [6.07, 6.45) is 0. The van der Waals surface area contributed by atoms with Gasteiger partial charge in [-0.1, -0.05) is 60.1 Å². The lowest BCUT2D eigenvalue weighted by Gasteiger charge is -2.26. The number of halogens is 1. The standard InChI is InChI=1S/C24H21ClN2O6S/c1-16(28)26(15-18-9-5-3-6-10-18)22-14-21(25)23(13-20(22)24(30)31)34(32,33)27(17(2)29)19-11-7-4-8-12-19/h3-14H,15H2,1-2H3,(H,30,31). The number of sulfonamides is 1. The maximum atomic E-state index is 13.4. The van der Waals surface area contributed by atoms with Gasteiger partial charge in [0.05, 0.1) is 28.5 Å². The predicted molar refractivity (Wildman–Crippen MR) is 129 cm³/mol. The van der Waals surface area contributed by atoms with Crippen molar-refractivity contribution < 1.29 is 27.9 Å². The van der Waals surface area contributed by atoms with Crippen LogP contribution in [0.25, 0.3) is 0 Å². The first-order chi connectivity index (χ1) is 16.0. The van der Waals surface area contributed by atoms with E-state index in [2.05, 4.69) is 0 Å². The van der Waals surface area contributed by atoms with Crippen molar-refractivity contribution in [2.24, 2.45) is 0 Å². The summed E-state index contributed by atoms with van der Waals surface area (Å²) in [4.78, 5) is 37.4. The van der Waals surface area contributed by atoms with Crippen molar-refractivity contribution in [2.45, 2.75) is 25.3 Å². The molecule has 3 rings (SSSR count). The molecule has 0 aliphatic carbocycles. The number of carboxylic acids is 1. The highest BCUT2D eigenvalue weighted by molar-refractivity contribution is 7.93. The highest BCUT2D eigenvalue weighted by atomic mass is 35.5. The molecule has 2 amide bonds. The summed E-state index contributed by atoms with van der Waals surface area (Å²) < 4.78 is 27.4. The Morgan fingerprint density at radius 3 is 1.94 bits per heavy atom. The predicted octanol–water partition coefficient (Wildman–Crippen LogP) is 4.33. The second-order valence-corrected chi connectivity index (χ2v) is 9.48. The first-order valence-electron chi connectivity index (χ1n) is 10.0. The molecule has 10 heteroatoms. The van der Waals surface area contributed by atoms with Crippen LogP contribution >= 0.6 is 11.6 Å². The Labute approximate surface area is 202 Å². The van der Waals surface area contributed by atoms with E-state index in [1.807, 2.05) is 0 Å². The van der Waals surface area contributed by atoms with Gasteiger partial charge in [0.25, 0.3) is 10.0 Å². The fraction of sp³-hybridized carbons (Fsp3) is 0.125. The molecule has 8 nitrogen and oxygen atoms in total. The number of carbonyl (C=O) groups is 3. The number of rotatable bonds is 7. The molecule has 34 heavy (non-hydrogen) atoms. The minimum absolute atomic E-state index is 0.0441. The van der Waals surface area contributed by atoms with Gasteiger partial charge in [0.1, 0.15) is 4.90 Å². The molecular weight excluding hydrogens is 480 g/mol. The van der Waals surface area contributed by atoms with Crippen molar-refractivity contribution in [3.8, 4) is 0 Å². The number of anilines is 2. The van der Waals surface area contributed by atoms with Gasteiger partial charge in [-0.3, -0.25) is 9.59 Å². The number of carbonyl (C=O) groups excluding carboxylic acids is 2. The Bertz CT molecular complexity index is 1340. The number of nitrogens with zero attached hydrogens (tertiary/aromatic N) is 2. The van der Waals surface area contributed by atoms with Crippen LogP contribution in [-0.2, 0) is 26.2 Å². The fourth-order valence-electron chi connectivity index (χ4n) is 3.42.